The molecule has 7 heteroatoms. The van der Waals surface area contributed by atoms with Gasteiger partial charge < -0.3 is 9.73 Å². The number of nitrogens with one attached hydrogen (secondary N) is 1. The summed E-state index contributed by atoms with van der Waals surface area (Å²) in [5.74, 6) is -2.06. The van der Waals surface area contributed by atoms with Crippen molar-refractivity contribution in [1.82, 2.24) is 9.88 Å². The van der Waals surface area contributed by atoms with Crippen LogP contribution in [0.5, 0.6) is 0 Å². The van der Waals surface area contributed by atoms with E-state index in [0.29, 0.717) is 23.1 Å². The molecule has 0 atom stereocenters. The van der Waals surface area contributed by atoms with Crippen molar-refractivity contribution >= 4 is 17.0 Å². The molecule has 1 amide bonds. The summed E-state index contributed by atoms with van der Waals surface area (Å²) < 4.78 is 32.7. The fraction of sp³-hybridized carbons (Fsp3) is 0.222. The van der Waals surface area contributed by atoms with E-state index in [-0.39, 0.29) is 25.4 Å². The lowest BCUT2D eigenvalue weighted by atomic mass is 10.1. The first-order valence-corrected chi connectivity index (χ1v) is 7.83. The van der Waals surface area contributed by atoms with Gasteiger partial charge in [-0.3, -0.25) is 9.36 Å². The number of rotatable bonds is 6. The molecule has 0 unspecified atom stereocenters. The maximum atomic E-state index is 13.1. The standard InChI is InChI=1S/C18H16F2N2O3/c19-13-9-12(10-14(20)11-13)5-7-21-17(23)6-8-22-15-3-1-2-4-16(15)25-18(22)24/h1-4,9-11H,5-8H2,(H,21,23). The van der Waals surface area contributed by atoms with Crippen LogP contribution in [0.4, 0.5) is 8.78 Å². The summed E-state index contributed by atoms with van der Waals surface area (Å²) in [4.78, 5) is 23.7. The summed E-state index contributed by atoms with van der Waals surface area (Å²) in [6.45, 7) is 0.443. The van der Waals surface area contributed by atoms with Gasteiger partial charge in [-0.25, -0.2) is 13.6 Å². The molecule has 1 aromatic heterocycles. The first-order chi connectivity index (χ1) is 12.0. The van der Waals surface area contributed by atoms with Crippen LogP contribution in [0.2, 0.25) is 0 Å². The highest BCUT2D eigenvalue weighted by atomic mass is 19.1. The Morgan fingerprint density at radius 2 is 1.84 bits per heavy atom. The molecule has 5 nitrogen and oxygen atoms in total. The van der Waals surface area contributed by atoms with E-state index < -0.39 is 17.4 Å². The SMILES string of the molecule is O=C(CCn1c(=O)oc2ccccc21)NCCc1cc(F)cc(F)c1. The molecule has 0 aliphatic rings. The van der Waals surface area contributed by atoms with Crippen molar-refractivity contribution < 1.29 is 18.0 Å². The number of fused-ring (bicyclic) bond motifs is 1. The molecule has 130 valence electrons. The maximum absolute atomic E-state index is 13.1. The molecule has 3 rings (SSSR count). The molecule has 0 saturated carbocycles. The molecule has 0 spiro atoms. The van der Waals surface area contributed by atoms with E-state index >= 15 is 0 Å². The third kappa shape index (κ3) is 4.12. The number of oxazole rings is 1. The Morgan fingerprint density at radius 3 is 2.60 bits per heavy atom. The number of amides is 1. The highest BCUT2D eigenvalue weighted by Crippen LogP contribution is 2.12. The Kier molecular flexibility index (Phi) is 4.92. The van der Waals surface area contributed by atoms with E-state index in [9.17, 15) is 18.4 Å². The molecular weight excluding hydrogens is 330 g/mol. The average Bonchev–Trinajstić information content (AvgIpc) is 2.87. The Morgan fingerprint density at radius 1 is 1.12 bits per heavy atom. The van der Waals surface area contributed by atoms with Gasteiger partial charge in [-0.15, -0.1) is 0 Å². The van der Waals surface area contributed by atoms with Crippen LogP contribution in [-0.4, -0.2) is 17.0 Å². The van der Waals surface area contributed by atoms with Crippen molar-refractivity contribution in [3.05, 3.63) is 70.2 Å². The first kappa shape index (κ1) is 16.9. The van der Waals surface area contributed by atoms with Crippen molar-refractivity contribution in [3.8, 4) is 0 Å². The van der Waals surface area contributed by atoms with Gasteiger partial charge >= 0.3 is 5.76 Å². The van der Waals surface area contributed by atoms with Gasteiger partial charge in [-0.2, -0.15) is 0 Å². The summed E-state index contributed by atoms with van der Waals surface area (Å²) in [6.07, 6.45) is 0.413. The van der Waals surface area contributed by atoms with Gasteiger partial charge in [0.2, 0.25) is 5.91 Å². The lowest BCUT2D eigenvalue weighted by Gasteiger charge is -2.06. The smallest absolute Gasteiger partial charge is 0.408 e. The first-order valence-electron chi connectivity index (χ1n) is 7.83. The van der Waals surface area contributed by atoms with Gasteiger partial charge in [0.15, 0.2) is 5.58 Å². The third-order valence-corrected chi connectivity index (χ3v) is 3.79. The van der Waals surface area contributed by atoms with Crippen LogP contribution >= 0.6 is 0 Å². The van der Waals surface area contributed by atoms with Crippen LogP contribution in [0.25, 0.3) is 11.1 Å². The molecule has 25 heavy (non-hydrogen) atoms. The average molecular weight is 346 g/mol. The van der Waals surface area contributed by atoms with Crippen molar-refractivity contribution in [2.45, 2.75) is 19.4 Å². The predicted molar refractivity (Wildman–Crippen MR) is 88.2 cm³/mol. The van der Waals surface area contributed by atoms with Gasteiger partial charge in [0.25, 0.3) is 0 Å². The quantitative estimate of drug-likeness (QED) is 0.746. The molecule has 0 fully saturated rings. The second-order valence-corrected chi connectivity index (χ2v) is 5.61. The van der Waals surface area contributed by atoms with E-state index in [4.69, 9.17) is 4.42 Å². The molecule has 0 aliphatic carbocycles. The van der Waals surface area contributed by atoms with Gasteiger partial charge in [-0.05, 0) is 36.2 Å². The van der Waals surface area contributed by atoms with Crippen molar-refractivity contribution in [1.29, 1.82) is 0 Å². The summed E-state index contributed by atoms with van der Waals surface area (Å²) in [7, 11) is 0. The lowest BCUT2D eigenvalue weighted by Crippen LogP contribution is -2.28. The highest BCUT2D eigenvalue weighted by molar-refractivity contribution is 5.76. The van der Waals surface area contributed by atoms with Crippen LogP contribution in [0.15, 0.2) is 51.7 Å². The van der Waals surface area contributed by atoms with Gasteiger partial charge in [0.1, 0.15) is 11.6 Å². The molecule has 0 radical (unpaired) electrons. The third-order valence-electron chi connectivity index (χ3n) is 3.79. The molecule has 0 aliphatic heterocycles. The number of carbonyl (C=O) groups excluding carboxylic acids is 1. The van der Waals surface area contributed by atoms with Crippen LogP contribution in [0.1, 0.15) is 12.0 Å². The Balaban J connectivity index is 1.53. The summed E-state index contributed by atoms with van der Waals surface area (Å²) >= 11 is 0. The summed E-state index contributed by atoms with van der Waals surface area (Å²) in [5, 5.41) is 2.67. The second kappa shape index (κ2) is 7.29. The number of aromatic nitrogens is 1. The topological polar surface area (TPSA) is 64.2 Å². The summed E-state index contributed by atoms with van der Waals surface area (Å²) in [6, 6.07) is 10.2. The van der Waals surface area contributed by atoms with E-state index in [2.05, 4.69) is 5.32 Å². The predicted octanol–water partition coefficient (Wildman–Crippen LogP) is 2.62. The lowest BCUT2D eigenvalue weighted by molar-refractivity contribution is -0.121. The number of carbonyl (C=O) groups is 1. The zero-order chi connectivity index (χ0) is 17.8. The fourth-order valence-electron chi connectivity index (χ4n) is 2.63. The number of hydrogen-bond acceptors (Lipinski definition) is 3. The molecule has 0 saturated heterocycles. The molecule has 3 aromatic rings. The van der Waals surface area contributed by atoms with Gasteiger partial charge in [0, 0.05) is 25.6 Å². The van der Waals surface area contributed by atoms with Crippen LogP contribution < -0.4 is 11.1 Å². The molecule has 1 heterocycles. The van der Waals surface area contributed by atoms with Gasteiger partial charge in [0.05, 0.1) is 5.52 Å². The van der Waals surface area contributed by atoms with E-state index in [0.717, 1.165) is 6.07 Å². The largest absolute Gasteiger partial charge is 0.419 e. The zero-order valence-electron chi connectivity index (χ0n) is 13.3. The van der Waals surface area contributed by atoms with Crippen molar-refractivity contribution in [2.75, 3.05) is 6.54 Å². The van der Waals surface area contributed by atoms with E-state index in [1.807, 2.05) is 0 Å². The number of nitrogens with zero attached hydrogens (tertiary/aromatic N) is 1. The highest BCUT2D eigenvalue weighted by Gasteiger charge is 2.10. The minimum absolute atomic E-state index is 0.0982. The normalized spacial score (nSPS) is 11.0. The van der Waals surface area contributed by atoms with Gasteiger partial charge in [-0.1, -0.05) is 12.1 Å². The fourth-order valence-corrected chi connectivity index (χ4v) is 2.63. The number of hydrogen-bond donors (Lipinski definition) is 1. The molecular formula is C18H16F2N2O3. The maximum Gasteiger partial charge on any atom is 0.419 e. The number of para-hydroxylation sites is 2. The summed E-state index contributed by atoms with van der Waals surface area (Å²) in [5.41, 5.74) is 1.58. The van der Waals surface area contributed by atoms with Crippen molar-refractivity contribution in [3.63, 3.8) is 0 Å². The number of aryl methyl sites for hydroxylation is 1. The zero-order valence-corrected chi connectivity index (χ0v) is 13.3. The van der Waals surface area contributed by atoms with Crippen LogP contribution in [0.3, 0.4) is 0 Å². The van der Waals surface area contributed by atoms with Crippen molar-refractivity contribution in [2.24, 2.45) is 0 Å². The molecule has 1 N–H and O–H groups in total. The minimum atomic E-state index is -0.646. The van der Waals surface area contributed by atoms with E-state index in [1.54, 1.807) is 24.3 Å². The van der Waals surface area contributed by atoms with Crippen LogP contribution in [-0.2, 0) is 17.8 Å². The monoisotopic (exact) mass is 346 g/mol. The Labute approximate surface area is 141 Å². The van der Waals surface area contributed by atoms with Crippen LogP contribution in [0, 0.1) is 11.6 Å². The molecule has 0 bridgehead atoms. The number of benzene rings is 2. The Bertz CT molecular complexity index is 942. The van der Waals surface area contributed by atoms with E-state index in [1.165, 1.54) is 16.7 Å². The second-order valence-electron chi connectivity index (χ2n) is 5.61. The minimum Gasteiger partial charge on any atom is -0.408 e. The number of halogens is 2. The molecule has 2 aromatic carbocycles. The Hall–Kier alpha value is -2.96.